The van der Waals surface area contributed by atoms with Crippen molar-refractivity contribution < 1.29 is 43.6 Å². The SMILES string of the molecule is C=CCOC12Oc3ccc(Oc4cccc(C=O)c4)cc3C3C(CCCCO)C(CCCCO)C=C(C(=NOCC)CC1N(CCC)C(=O)OCCCCCCCCCCCC)C32. The Morgan fingerprint density at radius 3 is 2.29 bits per heavy atom. The van der Waals surface area contributed by atoms with E-state index in [1.165, 1.54) is 44.9 Å². The van der Waals surface area contributed by atoms with Gasteiger partial charge < -0.3 is 34.0 Å². The Bertz CT molecular complexity index is 1780. The van der Waals surface area contributed by atoms with Gasteiger partial charge in [0.2, 0.25) is 5.79 Å². The second-order valence-electron chi connectivity index (χ2n) is 17.5. The maximum atomic E-state index is 14.5. The first-order valence-electron chi connectivity index (χ1n) is 24.3. The molecule has 2 N–H and O–H groups in total. The van der Waals surface area contributed by atoms with Crippen molar-refractivity contribution in [2.75, 3.05) is 39.6 Å². The van der Waals surface area contributed by atoms with Crippen molar-refractivity contribution in [2.24, 2.45) is 22.9 Å². The highest BCUT2D eigenvalue weighted by Crippen LogP contribution is 2.62. The molecule has 348 valence electrons. The lowest BCUT2D eigenvalue weighted by Crippen LogP contribution is -2.70. The van der Waals surface area contributed by atoms with Gasteiger partial charge in [-0.05, 0) is 93.2 Å². The molecule has 0 aromatic heterocycles. The highest BCUT2D eigenvalue weighted by atomic mass is 16.7. The molecule has 11 heteroatoms. The summed E-state index contributed by atoms with van der Waals surface area (Å²) in [7, 11) is 0. The maximum Gasteiger partial charge on any atom is 0.410 e. The minimum atomic E-state index is -1.36. The number of nitrogens with zero attached hydrogens (tertiary/aromatic N) is 2. The lowest BCUT2D eigenvalue weighted by Gasteiger charge is -2.59. The Balaban J connectivity index is 1.57. The number of carbonyl (C=O) groups excluding carboxylic acids is 2. The fourth-order valence-electron chi connectivity index (χ4n) is 10.1. The van der Waals surface area contributed by atoms with Gasteiger partial charge in [-0.2, -0.15) is 0 Å². The molecule has 1 amide bonds. The number of allylic oxidation sites excluding steroid dienone is 1. The van der Waals surface area contributed by atoms with E-state index in [1.807, 2.05) is 36.1 Å². The van der Waals surface area contributed by atoms with Crippen LogP contribution in [0.5, 0.6) is 17.2 Å². The van der Waals surface area contributed by atoms with Gasteiger partial charge in [0.1, 0.15) is 36.2 Å². The average Bonchev–Trinajstić information content (AvgIpc) is 3.30. The summed E-state index contributed by atoms with van der Waals surface area (Å²) in [5.41, 5.74) is 3.20. The second-order valence-corrected chi connectivity index (χ2v) is 17.5. The van der Waals surface area contributed by atoms with Gasteiger partial charge in [-0.25, -0.2) is 4.79 Å². The molecule has 11 nitrogen and oxygen atoms in total. The number of aliphatic hydroxyl groups excluding tert-OH is 2. The van der Waals surface area contributed by atoms with Crippen LogP contribution in [-0.2, 0) is 14.3 Å². The van der Waals surface area contributed by atoms with Gasteiger partial charge in [0, 0.05) is 43.2 Å². The smallest absolute Gasteiger partial charge is 0.410 e. The van der Waals surface area contributed by atoms with E-state index in [-0.39, 0.29) is 37.6 Å². The zero-order chi connectivity index (χ0) is 44.9. The van der Waals surface area contributed by atoms with Crippen LogP contribution in [0.1, 0.15) is 158 Å². The summed E-state index contributed by atoms with van der Waals surface area (Å²) >= 11 is 0. The monoisotopic (exact) mass is 873 g/mol. The van der Waals surface area contributed by atoms with Gasteiger partial charge in [0.05, 0.1) is 24.8 Å². The molecule has 6 atom stereocenters. The molecule has 0 radical (unpaired) electrons. The molecule has 2 aliphatic carbocycles. The summed E-state index contributed by atoms with van der Waals surface area (Å²) in [4.78, 5) is 33.8. The second kappa shape index (κ2) is 26.6. The number of rotatable bonds is 30. The number of benzene rings is 2. The predicted molar refractivity (Wildman–Crippen MR) is 249 cm³/mol. The number of carbonyl (C=O) groups is 2. The summed E-state index contributed by atoms with van der Waals surface area (Å²) in [6.07, 6.45) is 22.1. The predicted octanol–water partition coefficient (Wildman–Crippen LogP) is 11.7. The summed E-state index contributed by atoms with van der Waals surface area (Å²) in [5, 5.41) is 24.6. The van der Waals surface area contributed by atoms with Crippen LogP contribution >= 0.6 is 0 Å². The first-order chi connectivity index (χ1) is 30.9. The molecular weight excluding hydrogens is 797 g/mol. The van der Waals surface area contributed by atoms with Crippen LogP contribution in [0.15, 0.2) is 71.9 Å². The molecule has 6 unspecified atom stereocenters. The van der Waals surface area contributed by atoms with E-state index < -0.39 is 23.8 Å². The molecule has 0 bridgehead atoms. The number of unbranched alkanes of at least 4 members (excludes halogenated alkanes) is 11. The number of amides is 1. The van der Waals surface area contributed by atoms with Crippen LogP contribution in [0.2, 0.25) is 0 Å². The van der Waals surface area contributed by atoms with E-state index in [1.54, 1.807) is 24.3 Å². The van der Waals surface area contributed by atoms with Gasteiger partial charge in [-0.1, -0.05) is 114 Å². The fourth-order valence-corrected chi connectivity index (χ4v) is 10.1. The standard InChI is InChI=1S/C52H76N2O9/c1-5-9-10-11-12-13-14-15-16-21-33-59-51(58)54(29-6-2)48-37-46(53-61-8-4)44-35-40(24-17-19-30-55)43(26-18-20-31-56)49-45-36-42(62-41-25-22-23-39(34-41)38-57)27-28-47(45)63-52(48,50(44)49)60-32-7-3/h7,22-23,25,27-28,34-36,38,40,43,48-50,55-56H,3,5-6,8-21,24,26,29-33,37H2,1-2,4H3. The largest absolute Gasteiger partial charge is 0.459 e. The Morgan fingerprint density at radius 2 is 1.60 bits per heavy atom. The molecule has 2 aromatic rings. The highest BCUT2D eigenvalue weighted by molar-refractivity contribution is 6.03. The molecule has 5 rings (SSSR count). The van der Waals surface area contributed by atoms with Crippen LogP contribution in [0.25, 0.3) is 0 Å². The number of oxime groups is 1. The van der Waals surface area contributed by atoms with Crippen molar-refractivity contribution in [3.8, 4) is 17.2 Å². The van der Waals surface area contributed by atoms with Crippen molar-refractivity contribution >= 4 is 18.1 Å². The summed E-state index contributed by atoms with van der Waals surface area (Å²) < 4.78 is 27.0. The van der Waals surface area contributed by atoms with E-state index in [0.29, 0.717) is 68.3 Å². The van der Waals surface area contributed by atoms with Crippen molar-refractivity contribution in [1.82, 2.24) is 4.90 Å². The molecule has 1 saturated carbocycles. The number of aliphatic hydroxyl groups is 2. The van der Waals surface area contributed by atoms with Gasteiger partial charge in [0.25, 0.3) is 0 Å². The topological polar surface area (TPSA) is 136 Å². The Hall–Kier alpha value is -4.19. The zero-order valence-electron chi connectivity index (χ0n) is 38.5. The molecule has 1 aliphatic heterocycles. The fraction of sp³-hybridized carbons (Fsp3) is 0.635. The Morgan fingerprint density at radius 1 is 0.889 bits per heavy atom. The van der Waals surface area contributed by atoms with Crippen LogP contribution in [-0.4, -0.2) is 84.6 Å². The van der Waals surface area contributed by atoms with Crippen LogP contribution in [0.3, 0.4) is 0 Å². The van der Waals surface area contributed by atoms with Crippen LogP contribution in [0, 0.1) is 17.8 Å². The van der Waals surface area contributed by atoms with Crippen molar-refractivity contribution in [3.05, 3.63) is 77.9 Å². The van der Waals surface area contributed by atoms with E-state index >= 15 is 0 Å². The number of aldehydes is 1. The third-order valence-corrected chi connectivity index (χ3v) is 13.0. The molecule has 2 aromatic carbocycles. The van der Waals surface area contributed by atoms with Gasteiger partial charge in [0.15, 0.2) is 0 Å². The average molecular weight is 873 g/mol. The number of hydrogen-bond acceptors (Lipinski definition) is 10. The number of ether oxygens (including phenoxy) is 4. The third kappa shape index (κ3) is 13.2. The van der Waals surface area contributed by atoms with Gasteiger partial charge in [-0.15, -0.1) is 6.58 Å². The van der Waals surface area contributed by atoms with Crippen molar-refractivity contribution in [3.63, 3.8) is 0 Å². The third-order valence-electron chi connectivity index (χ3n) is 13.0. The quantitative estimate of drug-likeness (QED) is 0.0340. The van der Waals surface area contributed by atoms with Gasteiger partial charge in [-0.3, -0.25) is 9.69 Å². The molecule has 1 fully saturated rings. The first kappa shape index (κ1) is 49.8. The molecule has 0 saturated heterocycles. The minimum absolute atomic E-state index is 0.0713. The lowest BCUT2D eigenvalue weighted by atomic mass is 9.55. The highest BCUT2D eigenvalue weighted by Gasteiger charge is 2.65. The van der Waals surface area contributed by atoms with Crippen LogP contribution < -0.4 is 9.47 Å². The molecular formula is C52H76N2O9. The van der Waals surface area contributed by atoms with Gasteiger partial charge >= 0.3 is 6.09 Å². The first-order valence-corrected chi connectivity index (χ1v) is 24.3. The minimum Gasteiger partial charge on any atom is -0.459 e. The normalized spacial score (nSPS) is 22.9. The summed E-state index contributed by atoms with van der Waals surface area (Å²) in [6, 6.07) is 12.3. The number of hydrogen-bond donors (Lipinski definition) is 2. The van der Waals surface area contributed by atoms with Crippen molar-refractivity contribution in [1.29, 1.82) is 0 Å². The molecule has 1 heterocycles. The molecule has 3 aliphatic rings. The van der Waals surface area contributed by atoms with Crippen molar-refractivity contribution in [2.45, 2.75) is 154 Å². The van der Waals surface area contributed by atoms with E-state index in [2.05, 4.69) is 26.5 Å². The molecule has 0 spiro atoms. The number of fused-ring (bicyclic) bond motifs is 2. The molecule has 63 heavy (non-hydrogen) atoms. The maximum absolute atomic E-state index is 14.5. The lowest BCUT2D eigenvalue weighted by molar-refractivity contribution is -0.255. The van der Waals surface area contributed by atoms with E-state index in [4.69, 9.17) is 28.9 Å². The van der Waals surface area contributed by atoms with Crippen LogP contribution in [0.4, 0.5) is 4.79 Å². The van der Waals surface area contributed by atoms with E-state index in [9.17, 15) is 19.8 Å². The Labute approximate surface area is 377 Å². The summed E-state index contributed by atoms with van der Waals surface area (Å²) in [5.74, 6) is -0.0310. The zero-order valence-corrected chi connectivity index (χ0v) is 38.5. The summed E-state index contributed by atoms with van der Waals surface area (Å²) in [6.45, 7) is 11.8. The van der Waals surface area contributed by atoms with E-state index in [0.717, 1.165) is 68.1 Å². The Kier molecular flexibility index (Phi) is 21.0.